The minimum absolute atomic E-state index is 0.232. The molecule has 7 nitrogen and oxygen atoms in total. The van der Waals surface area contributed by atoms with Crippen LogP contribution in [0.15, 0.2) is 15.9 Å². The quantitative estimate of drug-likeness (QED) is 0.455. The number of halogens is 1. The summed E-state index contributed by atoms with van der Waals surface area (Å²) in [5.41, 5.74) is 1.35. The number of hydrogen-bond donors (Lipinski definition) is 0. The zero-order valence-corrected chi connectivity index (χ0v) is 9.72. The number of carbonyl (C=O) groups excluding carboxylic acids is 2. The molecule has 1 aromatic heterocycles. The number of imide groups is 1. The Morgan fingerprint density at radius 3 is 2.94 bits per heavy atom. The van der Waals surface area contributed by atoms with Crippen molar-refractivity contribution in [3.8, 4) is 0 Å². The second-order valence-electron chi connectivity index (χ2n) is 3.44. The van der Waals surface area contributed by atoms with E-state index < -0.39 is 11.4 Å². The van der Waals surface area contributed by atoms with Crippen LogP contribution in [0.5, 0.6) is 0 Å². The average molecular weight is 257 g/mol. The molecule has 3 amide bonds. The van der Waals surface area contributed by atoms with Crippen LogP contribution in [0.2, 0.25) is 0 Å². The minimum atomic E-state index is -0.801. The first-order chi connectivity index (χ1) is 8.09. The van der Waals surface area contributed by atoms with Gasteiger partial charge in [0.1, 0.15) is 12.0 Å². The Morgan fingerprint density at radius 1 is 1.65 bits per heavy atom. The lowest BCUT2D eigenvalue weighted by Crippen LogP contribution is -2.30. The molecule has 0 aliphatic carbocycles. The third-order valence-electron chi connectivity index (χ3n) is 2.30. The molecule has 0 atom stereocenters. The molecule has 2 heterocycles. The first-order valence-electron chi connectivity index (χ1n) is 4.83. The Labute approximate surface area is 102 Å². The summed E-state index contributed by atoms with van der Waals surface area (Å²) in [7, 11) is 0. The Hall–Kier alpha value is -1.89. The molecular formula is C9H9ClN4O3. The van der Waals surface area contributed by atoms with Crippen LogP contribution in [0.4, 0.5) is 9.59 Å². The highest BCUT2D eigenvalue weighted by atomic mass is 35.5. The van der Waals surface area contributed by atoms with Crippen LogP contribution in [0, 0.1) is 6.92 Å². The van der Waals surface area contributed by atoms with E-state index >= 15 is 0 Å². The standard InChI is InChI=1S/C9H9ClN4O3/c1-6-5-17-12-7(6)4-11-14-3-2-13(8(10)15)9(14)16/h4-5H,2-3H2,1H3. The Kier molecular flexibility index (Phi) is 3.10. The SMILES string of the molecule is Cc1conc1C=NN1CCN(C(=O)Cl)C1=O. The number of urea groups is 1. The van der Waals surface area contributed by atoms with Crippen molar-refractivity contribution in [1.82, 2.24) is 15.1 Å². The molecule has 17 heavy (non-hydrogen) atoms. The third-order valence-corrected chi connectivity index (χ3v) is 2.51. The fraction of sp³-hybridized carbons (Fsp3) is 0.333. The van der Waals surface area contributed by atoms with E-state index in [1.807, 2.05) is 0 Å². The molecule has 1 fully saturated rings. The van der Waals surface area contributed by atoms with Gasteiger partial charge in [0.2, 0.25) is 0 Å². The molecule has 1 aliphatic rings. The van der Waals surface area contributed by atoms with E-state index in [2.05, 4.69) is 10.3 Å². The Balaban J connectivity index is 2.07. The highest BCUT2D eigenvalue weighted by molar-refractivity contribution is 6.64. The molecule has 0 spiro atoms. The van der Waals surface area contributed by atoms with Gasteiger partial charge in [-0.05, 0) is 18.5 Å². The fourth-order valence-corrected chi connectivity index (χ4v) is 1.50. The maximum atomic E-state index is 11.6. The number of hydrogen-bond acceptors (Lipinski definition) is 5. The molecule has 0 unspecified atom stereocenters. The predicted molar refractivity (Wildman–Crippen MR) is 58.9 cm³/mol. The van der Waals surface area contributed by atoms with Gasteiger partial charge in [-0.15, -0.1) is 0 Å². The molecule has 90 valence electrons. The molecule has 2 rings (SSSR count). The normalized spacial score (nSPS) is 16.2. The smallest absolute Gasteiger partial charge is 0.348 e. The number of hydrazone groups is 1. The van der Waals surface area contributed by atoms with E-state index in [4.69, 9.17) is 16.1 Å². The zero-order chi connectivity index (χ0) is 12.4. The van der Waals surface area contributed by atoms with Crippen LogP contribution in [-0.2, 0) is 0 Å². The molecule has 0 saturated carbocycles. The van der Waals surface area contributed by atoms with Gasteiger partial charge in [-0.1, -0.05) is 5.16 Å². The second-order valence-corrected chi connectivity index (χ2v) is 3.76. The van der Waals surface area contributed by atoms with Gasteiger partial charge in [0.05, 0.1) is 19.3 Å². The fourth-order valence-electron chi connectivity index (χ4n) is 1.34. The Morgan fingerprint density at radius 2 is 2.41 bits per heavy atom. The number of aryl methyl sites for hydroxylation is 1. The van der Waals surface area contributed by atoms with Crippen LogP contribution in [-0.4, -0.2) is 45.8 Å². The largest absolute Gasteiger partial charge is 0.364 e. The summed E-state index contributed by atoms with van der Waals surface area (Å²) in [5, 5.41) is 7.96. The molecule has 0 bridgehead atoms. The van der Waals surface area contributed by atoms with Gasteiger partial charge >= 0.3 is 11.4 Å². The molecule has 1 aliphatic heterocycles. The van der Waals surface area contributed by atoms with Crippen LogP contribution in [0.3, 0.4) is 0 Å². The van der Waals surface area contributed by atoms with E-state index in [0.29, 0.717) is 12.2 Å². The summed E-state index contributed by atoms with van der Waals surface area (Å²) in [6, 6.07) is -0.539. The van der Waals surface area contributed by atoms with E-state index in [-0.39, 0.29) is 6.54 Å². The van der Waals surface area contributed by atoms with Crippen molar-refractivity contribution in [3.63, 3.8) is 0 Å². The lowest BCUT2D eigenvalue weighted by molar-refractivity contribution is 0.195. The highest BCUT2D eigenvalue weighted by Gasteiger charge is 2.32. The van der Waals surface area contributed by atoms with Gasteiger partial charge in [-0.3, -0.25) is 4.79 Å². The number of amides is 3. The van der Waals surface area contributed by atoms with Crippen molar-refractivity contribution in [2.45, 2.75) is 6.92 Å². The molecular weight excluding hydrogens is 248 g/mol. The summed E-state index contributed by atoms with van der Waals surface area (Å²) in [6.07, 6.45) is 2.88. The van der Waals surface area contributed by atoms with Crippen LogP contribution >= 0.6 is 11.6 Å². The van der Waals surface area contributed by atoms with Gasteiger partial charge in [0, 0.05) is 5.56 Å². The lowest BCUT2D eigenvalue weighted by Gasteiger charge is -2.09. The van der Waals surface area contributed by atoms with Crippen LogP contribution in [0.1, 0.15) is 11.3 Å². The third kappa shape index (κ3) is 2.28. The predicted octanol–water partition coefficient (Wildman–Crippen LogP) is 1.41. The minimum Gasteiger partial charge on any atom is -0.364 e. The number of rotatable bonds is 2. The lowest BCUT2D eigenvalue weighted by atomic mass is 10.3. The van der Waals surface area contributed by atoms with Crippen molar-refractivity contribution in [2.24, 2.45) is 5.10 Å². The number of carbonyl (C=O) groups is 2. The first-order valence-corrected chi connectivity index (χ1v) is 5.21. The van der Waals surface area contributed by atoms with Gasteiger partial charge in [0.15, 0.2) is 0 Å². The summed E-state index contributed by atoms with van der Waals surface area (Å²) >= 11 is 5.23. The van der Waals surface area contributed by atoms with Crippen molar-refractivity contribution in [2.75, 3.05) is 13.1 Å². The second kappa shape index (κ2) is 4.54. The first kappa shape index (κ1) is 11.6. The van der Waals surface area contributed by atoms with E-state index in [1.165, 1.54) is 12.5 Å². The molecule has 0 aromatic carbocycles. The van der Waals surface area contributed by atoms with Gasteiger partial charge in [-0.2, -0.15) is 5.10 Å². The van der Waals surface area contributed by atoms with Crippen LogP contribution < -0.4 is 0 Å². The highest BCUT2D eigenvalue weighted by Crippen LogP contribution is 2.11. The van der Waals surface area contributed by atoms with Crippen molar-refractivity contribution in [1.29, 1.82) is 0 Å². The topological polar surface area (TPSA) is 79.0 Å². The van der Waals surface area contributed by atoms with Gasteiger partial charge < -0.3 is 4.52 Å². The maximum Gasteiger partial charge on any atom is 0.348 e. The molecule has 0 radical (unpaired) electrons. The number of aromatic nitrogens is 1. The van der Waals surface area contributed by atoms with Crippen molar-refractivity contribution < 1.29 is 14.1 Å². The van der Waals surface area contributed by atoms with Gasteiger partial charge in [-0.25, -0.2) is 14.7 Å². The van der Waals surface area contributed by atoms with Crippen molar-refractivity contribution >= 4 is 29.2 Å². The monoisotopic (exact) mass is 256 g/mol. The molecule has 8 heteroatoms. The maximum absolute atomic E-state index is 11.6. The van der Waals surface area contributed by atoms with Crippen LogP contribution in [0.25, 0.3) is 0 Å². The van der Waals surface area contributed by atoms with Gasteiger partial charge in [0.25, 0.3) is 0 Å². The van der Waals surface area contributed by atoms with E-state index in [0.717, 1.165) is 15.5 Å². The summed E-state index contributed by atoms with van der Waals surface area (Å²) in [4.78, 5) is 23.3. The molecule has 1 aromatic rings. The Bertz CT molecular complexity index is 484. The summed E-state index contributed by atoms with van der Waals surface area (Å²) in [6.45, 7) is 2.35. The summed E-state index contributed by atoms with van der Waals surface area (Å²) in [5.74, 6) is 0. The summed E-state index contributed by atoms with van der Waals surface area (Å²) < 4.78 is 4.72. The van der Waals surface area contributed by atoms with Crippen molar-refractivity contribution in [3.05, 3.63) is 17.5 Å². The number of nitrogens with zero attached hydrogens (tertiary/aromatic N) is 4. The average Bonchev–Trinajstić information content (AvgIpc) is 2.82. The van der Waals surface area contributed by atoms with E-state index in [9.17, 15) is 9.59 Å². The molecule has 1 saturated heterocycles. The molecule has 0 N–H and O–H groups in total. The zero-order valence-electron chi connectivity index (χ0n) is 8.96. The van der Waals surface area contributed by atoms with E-state index in [1.54, 1.807) is 6.92 Å².